The van der Waals surface area contributed by atoms with E-state index in [4.69, 9.17) is 9.84 Å². The van der Waals surface area contributed by atoms with Crippen molar-refractivity contribution in [2.24, 2.45) is 0 Å². The second-order valence-corrected chi connectivity index (χ2v) is 5.82. The van der Waals surface area contributed by atoms with Gasteiger partial charge in [-0.2, -0.15) is 11.8 Å². The number of hydrogen-bond acceptors (Lipinski definition) is 4. The van der Waals surface area contributed by atoms with E-state index in [1.165, 1.54) is 31.4 Å². The highest BCUT2D eigenvalue weighted by molar-refractivity contribution is 7.98. The molecule has 21 heavy (non-hydrogen) atoms. The molecule has 118 valence electrons. The quantitative estimate of drug-likeness (QED) is 0.580. The molecule has 0 bridgehead atoms. The molecule has 2 N–H and O–H groups in total. The molecule has 0 heterocycles. The van der Waals surface area contributed by atoms with Crippen LogP contribution in [-0.2, 0) is 0 Å². The predicted octanol–water partition coefficient (Wildman–Crippen LogP) is 3.28. The zero-order valence-electron chi connectivity index (χ0n) is 12.6. The first-order valence-corrected chi connectivity index (χ1v) is 8.79. The van der Waals surface area contributed by atoms with Crippen molar-refractivity contribution in [3.63, 3.8) is 0 Å². The van der Waals surface area contributed by atoms with Gasteiger partial charge in [0, 0.05) is 6.54 Å². The van der Waals surface area contributed by atoms with Crippen LogP contribution in [0.3, 0.4) is 0 Å². The zero-order valence-corrected chi connectivity index (χ0v) is 13.5. The van der Waals surface area contributed by atoms with Gasteiger partial charge >= 0.3 is 5.97 Å². The smallest absolute Gasteiger partial charge is 0.335 e. The van der Waals surface area contributed by atoms with Gasteiger partial charge in [0.25, 0.3) is 0 Å². The second-order valence-electron chi connectivity index (χ2n) is 4.84. The van der Waals surface area contributed by atoms with Crippen molar-refractivity contribution in [1.29, 1.82) is 0 Å². The van der Waals surface area contributed by atoms with Crippen LogP contribution in [0.4, 0.5) is 0 Å². The van der Waals surface area contributed by atoms with E-state index < -0.39 is 5.97 Å². The molecule has 1 aromatic carbocycles. The van der Waals surface area contributed by atoms with Crippen LogP contribution in [0.2, 0.25) is 0 Å². The third-order valence-corrected chi connectivity index (χ3v) is 3.80. The van der Waals surface area contributed by atoms with Crippen LogP contribution < -0.4 is 10.1 Å². The van der Waals surface area contributed by atoms with E-state index in [0.29, 0.717) is 12.4 Å². The Kier molecular flexibility index (Phi) is 9.74. The number of benzene rings is 1. The van der Waals surface area contributed by atoms with Crippen LogP contribution in [0.1, 0.15) is 36.0 Å². The zero-order chi connectivity index (χ0) is 15.3. The van der Waals surface area contributed by atoms with Crippen LogP contribution >= 0.6 is 11.8 Å². The summed E-state index contributed by atoms with van der Waals surface area (Å²) in [5.41, 5.74) is 0.280. The standard InChI is InChI=1S/C16H25NO3S/c1-21-13-5-3-2-4-10-17-11-12-20-15-8-6-14(7-9-15)16(18)19/h6-9,17H,2-5,10-13H2,1H3,(H,18,19). The first-order valence-electron chi connectivity index (χ1n) is 7.40. The molecule has 0 fully saturated rings. The van der Waals surface area contributed by atoms with Crippen LogP contribution in [0.5, 0.6) is 5.75 Å². The molecule has 0 atom stereocenters. The Morgan fingerprint density at radius 2 is 1.86 bits per heavy atom. The van der Waals surface area contributed by atoms with Gasteiger partial charge in [-0.25, -0.2) is 4.79 Å². The summed E-state index contributed by atoms with van der Waals surface area (Å²) < 4.78 is 5.54. The fourth-order valence-electron chi connectivity index (χ4n) is 1.91. The van der Waals surface area contributed by atoms with Crippen molar-refractivity contribution >= 4 is 17.7 Å². The van der Waals surface area contributed by atoms with Crippen molar-refractivity contribution in [3.05, 3.63) is 29.8 Å². The van der Waals surface area contributed by atoms with Gasteiger partial charge in [-0.1, -0.05) is 12.8 Å². The van der Waals surface area contributed by atoms with E-state index >= 15 is 0 Å². The van der Waals surface area contributed by atoms with E-state index in [-0.39, 0.29) is 5.56 Å². The maximum Gasteiger partial charge on any atom is 0.335 e. The highest BCUT2D eigenvalue weighted by Crippen LogP contribution is 2.11. The van der Waals surface area contributed by atoms with Gasteiger partial charge in [0.2, 0.25) is 0 Å². The van der Waals surface area contributed by atoms with Gasteiger partial charge in [0.05, 0.1) is 5.56 Å². The van der Waals surface area contributed by atoms with Crippen molar-refractivity contribution in [1.82, 2.24) is 5.32 Å². The average molecular weight is 311 g/mol. The van der Waals surface area contributed by atoms with Gasteiger partial charge < -0.3 is 15.2 Å². The largest absolute Gasteiger partial charge is 0.492 e. The summed E-state index contributed by atoms with van der Waals surface area (Å²) in [6.07, 6.45) is 7.27. The van der Waals surface area contributed by atoms with Gasteiger partial charge in [-0.3, -0.25) is 0 Å². The summed E-state index contributed by atoms with van der Waals surface area (Å²) >= 11 is 1.91. The van der Waals surface area contributed by atoms with Gasteiger partial charge in [0.1, 0.15) is 12.4 Å². The predicted molar refractivity (Wildman–Crippen MR) is 88.6 cm³/mol. The molecular formula is C16H25NO3S. The van der Waals surface area contributed by atoms with Crippen LogP contribution in [0.25, 0.3) is 0 Å². The van der Waals surface area contributed by atoms with Gasteiger partial charge in [-0.15, -0.1) is 0 Å². The summed E-state index contributed by atoms with van der Waals surface area (Å²) in [6, 6.07) is 6.49. The third-order valence-electron chi connectivity index (χ3n) is 3.10. The van der Waals surface area contributed by atoms with Crippen LogP contribution in [0, 0.1) is 0 Å². The van der Waals surface area contributed by atoms with Gasteiger partial charge in [0.15, 0.2) is 0 Å². The summed E-state index contributed by atoms with van der Waals surface area (Å²) in [5.74, 6) is 1.06. The molecule has 0 unspecified atom stereocenters. The lowest BCUT2D eigenvalue weighted by Crippen LogP contribution is -2.22. The monoisotopic (exact) mass is 311 g/mol. The first kappa shape index (κ1) is 17.9. The molecule has 4 nitrogen and oxygen atoms in total. The first-order chi connectivity index (χ1) is 10.2. The molecule has 1 rings (SSSR count). The number of nitrogens with one attached hydrogen (secondary N) is 1. The number of unbranched alkanes of at least 4 members (excludes halogenated alkanes) is 3. The van der Waals surface area contributed by atoms with Crippen molar-refractivity contribution in [2.75, 3.05) is 31.7 Å². The third kappa shape index (κ3) is 8.63. The number of carboxylic acids is 1. The molecule has 0 saturated carbocycles. The Morgan fingerprint density at radius 3 is 2.52 bits per heavy atom. The van der Waals surface area contributed by atoms with E-state index in [0.717, 1.165) is 13.1 Å². The van der Waals surface area contributed by atoms with Crippen molar-refractivity contribution < 1.29 is 14.6 Å². The highest BCUT2D eigenvalue weighted by atomic mass is 32.2. The molecule has 0 aliphatic rings. The molecule has 0 radical (unpaired) electrons. The van der Waals surface area contributed by atoms with Crippen LogP contribution in [0.15, 0.2) is 24.3 Å². The number of aromatic carboxylic acids is 1. The minimum Gasteiger partial charge on any atom is -0.492 e. The minimum absolute atomic E-state index is 0.280. The number of carboxylic acid groups (broad SMARTS) is 1. The summed E-state index contributed by atoms with van der Waals surface area (Å²) in [4.78, 5) is 10.7. The molecule has 0 spiro atoms. The number of ether oxygens (including phenoxy) is 1. The maximum absolute atomic E-state index is 10.7. The van der Waals surface area contributed by atoms with Crippen LogP contribution in [-0.4, -0.2) is 42.8 Å². The highest BCUT2D eigenvalue weighted by Gasteiger charge is 2.01. The lowest BCUT2D eigenvalue weighted by molar-refractivity contribution is 0.0697. The van der Waals surface area contributed by atoms with E-state index in [1.807, 2.05) is 11.8 Å². The Labute approximate surface area is 131 Å². The van der Waals surface area contributed by atoms with E-state index in [2.05, 4.69) is 11.6 Å². The molecule has 0 aliphatic heterocycles. The van der Waals surface area contributed by atoms with Crippen molar-refractivity contribution in [3.8, 4) is 5.75 Å². The molecule has 5 heteroatoms. The number of rotatable bonds is 12. The second kappa shape index (κ2) is 11.5. The molecule has 0 saturated heterocycles. The molecular weight excluding hydrogens is 286 g/mol. The number of carbonyl (C=O) groups is 1. The molecule has 1 aromatic rings. The fourth-order valence-corrected chi connectivity index (χ4v) is 2.40. The van der Waals surface area contributed by atoms with Gasteiger partial charge in [-0.05, 0) is 55.7 Å². The number of thioether (sulfide) groups is 1. The maximum atomic E-state index is 10.7. The Bertz CT molecular complexity index is 395. The lowest BCUT2D eigenvalue weighted by Gasteiger charge is -2.08. The number of hydrogen-bond donors (Lipinski definition) is 2. The summed E-state index contributed by atoms with van der Waals surface area (Å²) in [5, 5.41) is 12.1. The Hall–Kier alpha value is -1.20. The Morgan fingerprint density at radius 1 is 1.14 bits per heavy atom. The Balaban J connectivity index is 1.98. The molecule has 0 amide bonds. The lowest BCUT2D eigenvalue weighted by atomic mass is 10.2. The minimum atomic E-state index is -0.916. The fraction of sp³-hybridized carbons (Fsp3) is 0.562. The normalized spacial score (nSPS) is 10.5. The molecule has 0 aliphatic carbocycles. The van der Waals surface area contributed by atoms with E-state index in [9.17, 15) is 4.79 Å². The van der Waals surface area contributed by atoms with Crippen molar-refractivity contribution in [2.45, 2.75) is 25.7 Å². The summed E-state index contributed by atoms with van der Waals surface area (Å²) in [7, 11) is 0. The average Bonchev–Trinajstić information content (AvgIpc) is 2.49. The SMILES string of the molecule is CSCCCCCCNCCOc1ccc(C(=O)O)cc1. The topological polar surface area (TPSA) is 58.6 Å². The molecule has 0 aromatic heterocycles. The van der Waals surface area contributed by atoms with E-state index in [1.54, 1.807) is 24.3 Å². The summed E-state index contributed by atoms with van der Waals surface area (Å²) in [6.45, 7) is 2.44.